The maximum atomic E-state index is 13.4. The molecule has 1 aliphatic heterocycles. The molecule has 0 saturated heterocycles. The summed E-state index contributed by atoms with van der Waals surface area (Å²) in [7, 11) is 0. The molecule has 0 aliphatic carbocycles. The zero-order chi connectivity index (χ0) is 21.5. The van der Waals surface area contributed by atoms with Crippen molar-refractivity contribution in [1.29, 1.82) is 0 Å². The molecule has 0 fully saturated rings. The predicted molar refractivity (Wildman–Crippen MR) is 112 cm³/mol. The molecule has 1 unspecified atom stereocenters. The third-order valence-electron chi connectivity index (χ3n) is 5.42. The van der Waals surface area contributed by atoms with E-state index in [1.54, 1.807) is 34.7 Å². The van der Waals surface area contributed by atoms with E-state index in [1.165, 1.54) is 12.1 Å². The van der Waals surface area contributed by atoms with E-state index in [4.69, 9.17) is 0 Å². The van der Waals surface area contributed by atoms with Gasteiger partial charge in [-0.1, -0.05) is 29.8 Å². The first-order chi connectivity index (χ1) is 14.3. The highest BCUT2D eigenvalue weighted by atomic mass is 19.1. The van der Waals surface area contributed by atoms with Gasteiger partial charge in [-0.05, 0) is 56.7 Å². The summed E-state index contributed by atoms with van der Waals surface area (Å²) in [6, 6.07) is 15.2. The summed E-state index contributed by atoms with van der Waals surface area (Å²) in [4.78, 5) is 28.3. The number of halogens is 1. The maximum Gasteiger partial charge on any atom is 0.277 e. The molecule has 0 radical (unpaired) electrons. The predicted octanol–water partition coefficient (Wildman–Crippen LogP) is 3.37. The van der Waals surface area contributed by atoms with E-state index in [-0.39, 0.29) is 30.7 Å². The molecule has 1 aromatic heterocycles. The molecule has 6 nitrogen and oxygen atoms in total. The van der Waals surface area contributed by atoms with E-state index in [2.05, 4.69) is 10.4 Å². The molecule has 2 aromatic carbocycles. The Morgan fingerprint density at radius 1 is 1.13 bits per heavy atom. The molecule has 0 spiro atoms. The molecule has 0 saturated carbocycles. The quantitative estimate of drug-likeness (QED) is 0.722. The topological polar surface area (TPSA) is 67.2 Å². The van der Waals surface area contributed by atoms with Crippen LogP contribution >= 0.6 is 0 Å². The molecule has 3 aromatic rings. The van der Waals surface area contributed by atoms with E-state index in [0.29, 0.717) is 11.4 Å². The average molecular weight is 406 g/mol. The van der Waals surface area contributed by atoms with Gasteiger partial charge in [0, 0.05) is 12.2 Å². The smallest absolute Gasteiger partial charge is 0.277 e. The standard InChI is InChI=1S/C23H23FN4O2/c1-15-4-10-19(11-5-15)28-21(29)20-12-16(2)26-27(20)14-23(28,3)22(30)25-13-17-6-8-18(24)9-7-17/h4-12H,13-14H2,1-3H3,(H,25,30). The van der Waals surface area contributed by atoms with Gasteiger partial charge in [-0.3, -0.25) is 19.2 Å². The van der Waals surface area contributed by atoms with Crippen molar-refractivity contribution >= 4 is 17.5 Å². The molecule has 2 amide bonds. The van der Waals surface area contributed by atoms with Crippen molar-refractivity contribution in [3.05, 3.63) is 82.9 Å². The van der Waals surface area contributed by atoms with Gasteiger partial charge in [-0.2, -0.15) is 5.10 Å². The monoisotopic (exact) mass is 406 g/mol. The zero-order valence-corrected chi connectivity index (χ0v) is 17.1. The molecule has 154 valence electrons. The van der Waals surface area contributed by atoms with Crippen molar-refractivity contribution in [2.45, 2.75) is 39.4 Å². The van der Waals surface area contributed by atoms with Gasteiger partial charge < -0.3 is 5.32 Å². The van der Waals surface area contributed by atoms with Crippen LogP contribution in [0.25, 0.3) is 0 Å². The summed E-state index contributed by atoms with van der Waals surface area (Å²) in [5.74, 6) is -0.910. The summed E-state index contributed by atoms with van der Waals surface area (Å²) in [6.45, 7) is 5.99. The van der Waals surface area contributed by atoms with Crippen LogP contribution in [0.1, 0.15) is 34.2 Å². The largest absolute Gasteiger partial charge is 0.350 e. The number of anilines is 1. The van der Waals surface area contributed by atoms with E-state index < -0.39 is 5.54 Å². The summed E-state index contributed by atoms with van der Waals surface area (Å²) < 4.78 is 14.7. The Morgan fingerprint density at radius 2 is 1.80 bits per heavy atom. The van der Waals surface area contributed by atoms with E-state index in [9.17, 15) is 14.0 Å². The minimum absolute atomic E-state index is 0.227. The fourth-order valence-electron chi connectivity index (χ4n) is 3.78. The molecule has 4 rings (SSSR count). The number of nitrogens with one attached hydrogen (secondary N) is 1. The Morgan fingerprint density at radius 3 is 2.47 bits per heavy atom. The lowest BCUT2D eigenvalue weighted by atomic mass is 9.93. The lowest BCUT2D eigenvalue weighted by Crippen LogP contribution is -2.64. The van der Waals surface area contributed by atoms with Gasteiger partial charge in [-0.15, -0.1) is 0 Å². The number of carbonyl (C=O) groups is 2. The second-order valence-corrected chi connectivity index (χ2v) is 7.89. The molecular formula is C23H23FN4O2. The van der Waals surface area contributed by atoms with Crippen molar-refractivity contribution in [2.75, 3.05) is 4.90 Å². The number of amides is 2. The van der Waals surface area contributed by atoms with Crippen LogP contribution in [0.5, 0.6) is 0 Å². The first-order valence-electron chi connectivity index (χ1n) is 9.76. The maximum absolute atomic E-state index is 13.4. The average Bonchev–Trinajstić information content (AvgIpc) is 3.09. The SMILES string of the molecule is Cc1ccc(N2C(=O)c3cc(C)nn3CC2(C)C(=O)NCc2ccc(F)cc2)cc1. The van der Waals surface area contributed by atoms with E-state index >= 15 is 0 Å². The Labute approximate surface area is 174 Å². The van der Waals surface area contributed by atoms with Crippen LogP contribution in [-0.4, -0.2) is 27.1 Å². The van der Waals surface area contributed by atoms with Gasteiger partial charge in [0.2, 0.25) is 5.91 Å². The molecule has 2 heterocycles. The number of aromatic nitrogens is 2. The Kier molecular flexibility index (Phi) is 4.89. The fraction of sp³-hybridized carbons (Fsp3) is 0.261. The van der Waals surface area contributed by atoms with Crippen LogP contribution in [0.3, 0.4) is 0 Å². The summed E-state index contributed by atoms with van der Waals surface area (Å²) in [6.07, 6.45) is 0. The van der Waals surface area contributed by atoms with Crippen LogP contribution < -0.4 is 10.2 Å². The Bertz CT molecular complexity index is 1110. The first-order valence-corrected chi connectivity index (χ1v) is 9.76. The summed E-state index contributed by atoms with van der Waals surface area (Å²) >= 11 is 0. The number of rotatable bonds is 4. The first kappa shape index (κ1) is 19.8. The van der Waals surface area contributed by atoms with Crippen molar-refractivity contribution < 1.29 is 14.0 Å². The van der Waals surface area contributed by atoms with Gasteiger partial charge >= 0.3 is 0 Å². The minimum Gasteiger partial charge on any atom is -0.350 e. The van der Waals surface area contributed by atoms with Crippen LogP contribution in [0.4, 0.5) is 10.1 Å². The van der Waals surface area contributed by atoms with Gasteiger partial charge in [0.15, 0.2) is 0 Å². The summed E-state index contributed by atoms with van der Waals surface area (Å²) in [5, 5.41) is 7.30. The fourth-order valence-corrected chi connectivity index (χ4v) is 3.78. The van der Waals surface area contributed by atoms with Gasteiger partial charge in [-0.25, -0.2) is 4.39 Å². The number of benzene rings is 2. The van der Waals surface area contributed by atoms with Crippen LogP contribution in [0, 0.1) is 19.7 Å². The third kappa shape index (κ3) is 3.47. The summed E-state index contributed by atoms with van der Waals surface area (Å²) in [5.41, 5.74) is 2.47. The Hall–Kier alpha value is -3.48. The number of fused-ring (bicyclic) bond motifs is 1. The van der Waals surface area contributed by atoms with Crippen molar-refractivity contribution in [3.63, 3.8) is 0 Å². The molecular weight excluding hydrogens is 383 g/mol. The lowest BCUT2D eigenvalue weighted by Gasteiger charge is -2.43. The van der Waals surface area contributed by atoms with Crippen LogP contribution in [-0.2, 0) is 17.9 Å². The second kappa shape index (κ2) is 7.40. The highest BCUT2D eigenvalue weighted by Gasteiger charge is 2.48. The highest BCUT2D eigenvalue weighted by molar-refractivity contribution is 6.11. The molecule has 0 bridgehead atoms. The van der Waals surface area contributed by atoms with Crippen LogP contribution in [0.2, 0.25) is 0 Å². The molecule has 30 heavy (non-hydrogen) atoms. The number of hydrogen-bond acceptors (Lipinski definition) is 3. The van der Waals surface area contributed by atoms with Gasteiger partial charge in [0.1, 0.15) is 17.1 Å². The van der Waals surface area contributed by atoms with Gasteiger partial charge in [0.05, 0.1) is 12.2 Å². The van der Waals surface area contributed by atoms with Gasteiger partial charge in [0.25, 0.3) is 5.91 Å². The Balaban J connectivity index is 1.69. The molecule has 1 aliphatic rings. The van der Waals surface area contributed by atoms with Crippen molar-refractivity contribution in [2.24, 2.45) is 0 Å². The molecule has 1 N–H and O–H groups in total. The second-order valence-electron chi connectivity index (χ2n) is 7.89. The van der Waals surface area contributed by atoms with E-state index in [1.807, 2.05) is 38.1 Å². The molecule has 7 heteroatoms. The van der Waals surface area contributed by atoms with E-state index in [0.717, 1.165) is 16.8 Å². The normalized spacial score (nSPS) is 18.3. The number of carbonyl (C=O) groups excluding carboxylic acids is 2. The third-order valence-corrected chi connectivity index (χ3v) is 5.42. The minimum atomic E-state index is -1.18. The number of hydrogen-bond donors (Lipinski definition) is 1. The van der Waals surface area contributed by atoms with Crippen LogP contribution in [0.15, 0.2) is 54.6 Å². The lowest BCUT2D eigenvalue weighted by molar-refractivity contribution is -0.126. The highest BCUT2D eigenvalue weighted by Crippen LogP contribution is 2.33. The number of nitrogens with zero attached hydrogens (tertiary/aromatic N) is 3. The zero-order valence-electron chi connectivity index (χ0n) is 17.1. The molecule has 1 atom stereocenters. The van der Waals surface area contributed by atoms with Crippen molar-refractivity contribution in [3.8, 4) is 0 Å². The number of aryl methyl sites for hydroxylation is 2. The van der Waals surface area contributed by atoms with Crippen molar-refractivity contribution in [1.82, 2.24) is 15.1 Å².